The fourth-order valence-electron chi connectivity index (χ4n) is 1.01. The van der Waals surface area contributed by atoms with Crippen molar-refractivity contribution in [3.05, 3.63) is 28.8 Å². The number of hydrogen-bond acceptors (Lipinski definition) is 4. The summed E-state index contributed by atoms with van der Waals surface area (Å²) in [5.74, 6) is -0.417. The predicted molar refractivity (Wildman–Crippen MR) is 60.7 cm³/mol. The third-order valence-corrected chi connectivity index (χ3v) is 3.30. The van der Waals surface area contributed by atoms with E-state index in [1.807, 2.05) is 6.07 Å². The summed E-state index contributed by atoms with van der Waals surface area (Å²) in [5, 5.41) is 17.4. The normalized spacial score (nSPS) is 10.8. The molecule has 0 saturated carbocycles. The molecule has 1 aromatic rings. The maximum Gasteiger partial charge on any atom is 0.235 e. The van der Waals surface area contributed by atoms with Gasteiger partial charge in [-0.3, -0.25) is 4.72 Å². The Labute approximate surface area is 98.3 Å². The second-order valence-corrected chi connectivity index (χ2v) is 5.20. The molecule has 7 heteroatoms. The molecule has 16 heavy (non-hydrogen) atoms. The summed E-state index contributed by atoms with van der Waals surface area (Å²) in [4.78, 5) is 0. The van der Waals surface area contributed by atoms with Gasteiger partial charge in [-0.2, -0.15) is 5.26 Å². The van der Waals surface area contributed by atoms with Gasteiger partial charge in [-0.05, 0) is 18.2 Å². The van der Waals surface area contributed by atoms with Gasteiger partial charge in [0.15, 0.2) is 0 Å². The second kappa shape index (κ2) is 5.16. The van der Waals surface area contributed by atoms with Crippen LogP contribution in [0.1, 0.15) is 5.56 Å². The average Bonchev–Trinajstić information content (AvgIpc) is 2.21. The number of sulfonamides is 1. The van der Waals surface area contributed by atoms with Gasteiger partial charge >= 0.3 is 0 Å². The third-order valence-electron chi connectivity index (χ3n) is 1.72. The molecule has 1 rings (SSSR count). The highest BCUT2D eigenvalue weighted by Crippen LogP contribution is 2.23. The molecule has 0 aliphatic carbocycles. The first-order chi connectivity index (χ1) is 7.48. The molecule has 0 aromatic heterocycles. The van der Waals surface area contributed by atoms with Gasteiger partial charge < -0.3 is 5.11 Å². The SMILES string of the molecule is N#Cc1ccc(Cl)c(NS(=O)(=O)CCO)c1. The molecule has 0 spiro atoms. The van der Waals surface area contributed by atoms with E-state index in [2.05, 4.69) is 4.72 Å². The van der Waals surface area contributed by atoms with Crippen molar-refractivity contribution in [1.82, 2.24) is 0 Å². The van der Waals surface area contributed by atoms with E-state index in [0.29, 0.717) is 5.56 Å². The molecule has 5 nitrogen and oxygen atoms in total. The molecular formula is C9H9ClN2O3S. The molecule has 0 bridgehead atoms. The Balaban J connectivity index is 3.02. The van der Waals surface area contributed by atoms with Crippen molar-refractivity contribution in [3.63, 3.8) is 0 Å². The van der Waals surface area contributed by atoms with E-state index in [-0.39, 0.29) is 10.7 Å². The lowest BCUT2D eigenvalue weighted by molar-refractivity contribution is 0.320. The highest BCUT2D eigenvalue weighted by atomic mass is 35.5. The van der Waals surface area contributed by atoms with Gasteiger partial charge in [0.25, 0.3) is 0 Å². The number of halogens is 1. The fraction of sp³-hybridized carbons (Fsp3) is 0.222. The quantitative estimate of drug-likeness (QED) is 0.843. The highest BCUT2D eigenvalue weighted by molar-refractivity contribution is 7.92. The van der Waals surface area contributed by atoms with Crippen LogP contribution in [0.2, 0.25) is 5.02 Å². The van der Waals surface area contributed by atoms with Crippen LogP contribution in [-0.4, -0.2) is 25.9 Å². The number of nitriles is 1. The molecule has 0 aliphatic heterocycles. The number of benzene rings is 1. The number of aliphatic hydroxyl groups is 1. The van der Waals surface area contributed by atoms with E-state index in [1.165, 1.54) is 18.2 Å². The van der Waals surface area contributed by atoms with E-state index >= 15 is 0 Å². The highest BCUT2D eigenvalue weighted by Gasteiger charge is 2.12. The van der Waals surface area contributed by atoms with Gasteiger partial charge in [0.2, 0.25) is 10.0 Å². The summed E-state index contributed by atoms with van der Waals surface area (Å²) in [7, 11) is -3.63. The lowest BCUT2D eigenvalue weighted by Gasteiger charge is -2.08. The minimum atomic E-state index is -3.63. The first-order valence-corrected chi connectivity index (χ1v) is 6.32. The molecular weight excluding hydrogens is 252 g/mol. The maximum atomic E-state index is 11.3. The van der Waals surface area contributed by atoms with Gasteiger partial charge in [0.05, 0.1) is 34.7 Å². The van der Waals surface area contributed by atoms with E-state index in [1.54, 1.807) is 0 Å². The van der Waals surface area contributed by atoms with Crippen LogP contribution in [0.5, 0.6) is 0 Å². The summed E-state index contributed by atoms with van der Waals surface area (Å²) < 4.78 is 24.9. The summed E-state index contributed by atoms with van der Waals surface area (Å²) in [6, 6.07) is 6.11. The Bertz CT molecular complexity index is 522. The van der Waals surface area contributed by atoms with Crippen molar-refractivity contribution in [2.24, 2.45) is 0 Å². The van der Waals surface area contributed by atoms with Gasteiger partial charge in [0.1, 0.15) is 0 Å². The Morgan fingerprint density at radius 3 is 2.75 bits per heavy atom. The molecule has 0 aliphatic rings. The van der Waals surface area contributed by atoms with Crippen molar-refractivity contribution < 1.29 is 13.5 Å². The van der Waals surface area contributed by atoms with Crippen molar-refractivity contribution in [2.45, 2.75) is 0 Å². The van der Waals surface area contributed by atoms with Crippen LogP contribution in [0.3, 0.4) is 0 Å². The van der Waals surface area contributed by atoms with E-state index in [0.717, 1.165) is 0 Å². The zero-order valence-electron chi connectivity index (χ0n) is 8.14. The summed E-state index contributed by atoms with van der Waals surface area (Å²) in [6.45, 7) is -0.481. The van der Waals surface area contributed by atoms with Crippen LogP contribution < -0.4 is 4.72 Å². The van der Waals surface area contributed by atoms with Gasteiger partial charge in [-0.1, -0.05) is 11.6 Å². The zero-order chi connectivity index (χ0) is 12.2. The Morgan fingerprint density at radius 1 is 1.50 bits per heavy atom. The number of aliphatic hydroxyl groups excluding tert-OH is 1. The molecule has 0 saturated heterocycles. The van der Waals surface area contributed by atoms with Gasteiger partial charge in [-0.25, -0.2) is 8.42 Å². The van der Waals surface area contributed by atoms with Crippen molar-refractivity contribution in [3.8, 4) is 6.07 Å². The summed E-state index contributed by atoms with van der Waals surface area (Å²) in [5.41, 5.74) is 0.431. The molecule has 1 aromatic carbocycles. The molecule has 0 atom stereocenters. The van der Waals surface area contributed by atoms with Gasteiger partial charge in [0, 0.05) is 0 Å². The van der Waals surface area contributed by atoms with E-state index in [9.17, 15) is 8.42 Å². The van der Waals surface area contributed by atoms with Crippen LogP contribution >= 0.6 is 11.6 Å². The number of nitrogens with zero attached hydrogens (tertiary/aromatic N) is 1. The first kappa shape index (κ1) is 12.8. The lowest BCUT2D eigenvalue weighted by Crippen LogP contribution is -2.19. The van der Waals surface area contributed by atoms with Crippen molar-refractivity contribution in [2.75, 3.05) is 17.1 Å². The summed E-state index contributed by atoms with van der Waals surface area (Å²) >= 11 is 5.76. The molecule has 0 amide bonds. The van der Waals surface area contributed by atoms with Gasteiger partial charge in [-0.15, -0.1) is 0 Å². The Hall–Kier alpha value is -1.29. The fourth-order valence-corrected chi connectivity index (χ4v) is 2.08. The average molecular weight is 261 g/mol. The smallest absolute Gasteiger partial charge is 0.235 e. The standard InChI is InChI=1S/C9H9ClN2O3S/c10-8-2-1-7(6-11)5-9(8)12-16(14,15)4-3-13/h1-2,5,12-13H,3-4H2. The van der Waals surface area contributed by atoms with E-state index < -0.39 is 22.4 Å². The summed E-state index contributed by atoms with van der Waals surface area (Å²) in [6.07, 6.45) is 0. The number of hydrogen-bond donors (Lipinski definition) is 2. The lowest BCUT2D eigenvalue weighted by atomic mass is 10.2. The maximum absolute atomic E-state index is 11.3. The molecule has 0 unspecified atom stereocenters. The number of rotatable bonds is 4. The zero-order valence-corrected chi connectivity index (χ0v) is 9.72. The number of anilines is 1. The Kier molecular flexibility index (Phi) is 4.12. The van der Waals surface area contributed by atoms with E-state index in [4.69, 9.17) is 22.0 Å². The van der Waals surface area contributed by atoms with Crippen molar-refractivity contribution >= 4 is 27.3 Å². The monoisotopic (exact) mass is 260 g/mol. The number of nitrogens with one attached hydrogen (secondary N) is 1. The van der Waals surface area contributed by atoms with Crippen molar-refractivity contribution in [1.29, 1.82) is 5.26 Å². The third kappa shape index (κ3) is 3.38. The largest absolute Gasteiger partial charge is 0.395 e. The van der Waals surface area contributed by atoms with Crippen LogP contribution in [0.4, 0.5) is 5.69 Å². The first-order valence-electron chi connectivity index (χ1n) is 4.29. The minimum absolute atomic E-state index is 0.133. The molecule has 2 N–H and O–H groups in total. The molecule has 0 fully saturated rings. The molecule has 0 radical (unpaired) electrons. The molecule has 86 valence electrons. The topological polar surface area (TPSA) is 90.2 Å². The second-order valence-electron chi connectivity index (χ2n) is 2.95. The Morgan fingerprint density at radius 2 is 2.19 bits per heavy atom. The van der Waals surface area contributed by atoms with Crippen LogP contribution in [0.15, 0.2) is 18.2 Å². The molecule has 0 heterocycles. The van der Waals surface area contributed by atoms with Crippen LogP contribution in [0, 0.1) is 11.3 Å². The predicted octanol–water partition coefficient (Wildman–Crippen LogP) is 0.946. The van der Waals surface area contributed by atoms with Crippen LogP contribution in [0.25, 0.3) is 0 Å². The van der Waals surface area contributed by atoms with Crippen LogP contribution in [-0.2, 0) is 10.0 Å². The minimum Gasteiger partial charge on any atom is -0.395 e.